The molecule has 0 radical (unpaired) electrons. The fourth-order valence-electron chi connectivity index (χ4n) is 0.464. The van der Waals surface area contributed by atoms with E-state index in [1.54, 1.807) is 0 Å². The van der Waals surface area contributed by atoms with Crippen LogP contribution in [0.4, 0.5) is 0 Å². The van der Waals surface area contributed by atoms with E-state index in [1.807, 2.05) is 11.8 Å². The summed E-state index contributed by atoms with van der Waals surface area (Å²) >= 11 is 1.98. The second-order valence-corrected chi connectivity index (χ2v) is 3.95. The standard InChI is InChI=1S/C6H12OS/c1-5(2)8-4-6-3-7-6/h5-6H,3-4H2,1-2H3/t6-/m0/s1. The summed E-state index contributed by atoms with van der Waals surface area (Å²) in [5.41, 5.74) is 0. The van der Waals surface area contributed by atoms with E-state index in [9.17, 15) is 0 Å². The maximum atomic E-state index is 5.04. The minimum atomic E-state index is 0.599. The van der Waals surface area contributed by atoms with Gasteiger partial charge in [0.25, 0.3) is 0 Å². The van der Waals surface area contributed by atoms with Gasteiger partial charge in [-0.15, -0.1) is 0 Å². The van der Waals surface area contributed by atoms with Crippen molar-refractivity contribution >= 4 is 11.8 Å². The molecule has 1 atom stereocenters. The fourth-order valence-corrected chi connectivity index (χ4v) is 1.26. The Kier molecular flexibility index (Phi) is 2.20. The van der Waals surface area contributed by atoms with Crippen molar-refractivity contribution in [3.8, 4) is 0 Å². The average molecular weight is 132 g/mol. The molecule has 1 heterocycles. The lowest BCUT2D eigenvalue weighted by atomic mass is 10.6. The molecule has 0 saturated carbocycles. The van der Waals surface area contributed by atoms with Gasteiger partial charge in [-0.3, -0.25) is 0 Å². The van der Waals surface area contributed by atoms with E-state index < -0.39 is 0 Å². The second-order valence-electron chi connectivity index (χ2n) is 2.34. The zero-order chi connectivity index (χ0) is 5.98. The van der Waals surface area contributed by atoms with Crippen molar-refractivity contribution in [1.82, 2.24) is 0 Å². The Balaban J connectivity index is 1.87. The van der Waals surface area contributed by atoms with Crippen LogP contribution in [0.2, 0.25) is 0 Å². The van der Waals surface area contributed by atoms with Gasteiger partial charge in [0.15, 0.2) is 0 Å². The summed E-state index contributed by atoms with van der Waals surface area (Å²) in [6.07, 6.45) is 0.599. The molecule has 1 aliphatic rings. The monoisotopic (exact) mass is 132 g/mol. The number of epoxide rings is 1. The molecule has 1 fully saturated rings. The third-order valence-corrected chi connectivity index (χ3v) is 2.25. The molecule has 48 valence electrons. The Labute approximate surface area is 54.8 Å². The van der Waals surface area contributed by atoms with Crippen molar-refractivity contribution < 1.29 is 4.74 Å². The largest absolute Gasteiger partial charge is 0.372 e. The highest BCUT2D eigenvalue weighted by molar-refractivity contribution is 7.99. The summed E-state index contributed by atoms with van der Waals surface area (Å²) < 4.78 is 5.04. The topological polar surface area (TPSA) is 12.5 Å². The zero-order valence-electron chi connectivity index (χ0n) is 5.39. The number of hydrogen-bond donors (Lipinski definition) is 0. The highest BCUT2D eigenvalue weighted by Crippen LogP contribution is 2.18. The lowest BCUT2D eigenvalue weighted by Crippen LogP contribution is -1.94. The van der Waals surface area contributed by atoms with Crippen LogP contribution in [0.3, 0.4) is 0 Å². The summed E-state index contributed by atoms with van der Waals surface area (Å²) in [5, 5.41) is 0.763. The molecule has 0 aromatic heterocycles. The van der Waals surface area contributed by atoms with E-state index in [2.05, 4.69) is 13.8 Å². The Morgan fingerprint density at radius 1 is 1.75 bits per heavy atom. The van der Waals surface area contributed by atoms with Gasteiger partial charge in [-0.2, -0.15) is 11.8 Å². The van der Waals surface area contributed by atoms with Crippen LogP contribution in [0.5, 0.6) is 0 Å². The summed E-state index contributed by atoms with van der Waals surface area (Å²) in [5.74, 6) is 1.19. The minimum absolute atomic E-state index is 0.599. The summed E-state index contributed by atoms with van der Waals surface area (Å²) in [6.45, 7) is 5.43. The van der Waals surface area contributed by atoms with Crippen molar-refractivity contribution in [3.63, 3.8) is 0 Å². The predicted molar refractivity (Wildman–Crippen MR) is 37.3 cm³/mol. The van der Waals surface area contributed by atoms with Gasteiger partial charge in [0, 0.05) is 5.75 Å². The van der Waals surface area contributed by atoms with Crippen LogP contribution in [-0.2, 0) is 4.74 Å². The molecule has 1 nitrogen and oxygen atoms in total. The van der Waals surface area contributed by atoms with Gasteiger partial charge in [0.05, 0.1) is 12.7 Å². The van der Waals surface area contributed by atoms with Crippen LogP contribution in [0.1, 0.15) is 13.8 Å². The quantitative estimate of drug-likeness (QED) is 0.540. The van der Waals surface area contributed by atoms with E-state index in [1.165, 1.54) is 5.75 Å². The van der Waals surface area contributed by atoms with Crippen LogP contribution in [0.25, 0.3) is 0 Å². The van der Waals surface area contributed by atoms with Crippen LogP contribution in [0.15, 0.2) is 0 Å². The third kappa shape index (κ3) is 2.58. The van der Waals surface area contributed by atoms with E-state index in [4.69, 9.17) is 4.74 Å². The molecule has 1 aliphatic heterocycles. The van der Waals surface area contributed by atoms with E-state index in [0.717, 1.165) is 11.9 Å². The Morgan fingerprint density at radius 2 is 2.38 bits per heavy atom. The number of rotatable bonds is 3. The molecule has 0 N–H and O–H groups in total. The van der Waals surface area contributed by atoms with Crippen LogP contribution in [-0.4, -0.2) is 23.7 Å². The summed E-state index contributed by atoms with van der Waals surface area (Å²) in [7, 11) is 0. The number of ether oxygens (including phenoxy) is 1. The molecule has 0 aromatic rings. The van der Waals surface area contributed by atoms with E-state index in [-0.39, 0.29) is 0 Å². The van der Waals surface area contributed by atoms with Gasteiger partial charge < -0.3 is 4.74 Å². The summed E-state index contributed by atoms with van der Waals surface area (Å²) in [4.78, 5) is 0. The fraction of sp³-hybridized carbons (Fsp3) is 1.00. The number of hydrogen-bond acceptors (Lipinski definition) is 2. The van der Waals surface area contributed by atoms with Crippen molar-refractivity contribution in [2.75, 3.05) is 12.4 Å². The third-order valence-electron chi connectivity index (χ3n) is 1.02. The molecule has 1 saturated heterocycles. The first-order valence-electron chi connectivity index (χ1n) is 3.02. The lowest BCUT2D eigenvalue weighted by molar-refractivity contribution is 0.426. The van der Waals surface area contributed by atoms with Gasteiger partial charge in [-0.05, 0) is 5.25 Å². The first kappa shape index (κ1) is 6.43. The smallest absolute Gasteiger partial charge is 0.0900 e. The summed E-state index contributed by atoms with van der Waals surface area (Å²) in [6, 6.07) is 0. The van der Waals surface area contributed by atoms with Gasteiger partial charge in [0.1, 0.15) is 0 Å². The molecule has 8 heavy (non-hydrogen) atoms. The van der Waals surface area contributed by atoms with Gasteiger partial charge in [-0.1, -0.05) is 13.8 Å². The first-order valence-corrected chi connectivity index (χ1v) is 4.07. The van der Waals surface area contributed by atoms with Crippen molar-refractivity contribution in [2.24, 2.45) is 0 Å². The maximum absolute atomic E-state index is 5.04. The van der Waals surface area contributed by atoms with Crippen LogP contribution >= 0.6 is 11.8 Å². The van der Waals surface area contributed by atoms with Gasteiger partial charge >= 0.3 is 0 Å². The normalized spacial score (nSPS) is 26.6. The Morgan fingerprint density at radius 3 is 2.75 bits per heavy atom. The van der Waals surface area contributed by atoms with Gasteiger partial charge in [-0.25, -0.2) is 0 Å². The Hall–Kier alpha value is 0.310. The molecule has 2 heteroatoms. The highest BCUT2D eigenvalue weighted by atomic mass is 32.2. The molecule has 0 unspecified atom stereocenters. The zero-order valence-corrected chi connectivity index (χ0v) is 6.20. The van der Waals surface area contributed by atoms with E-state index >= 15 is 0 Å². The molecule has 1 rings (SSSR count). The van der Waals surface area contributed by atoms with Crippen molar-refractivity contribution in [2.45, 2.75) is 25.2 Å². The van der Waals surface area contributed by atoms with Crippen LogP contribution < -0.4 is 0 Å². The molecule has 0 amide bonds. The predicted octanol–water partition coefficient (Wildman–Crippen LogP) is 1.53. The van der Waals surface area contributed by atoms with E-state index in [0.29, 0.717) is 6.10 Å². The second kappa shape index (κ2) is 2.74. The SMILES string of the molecule is CC(C)SC[C@@H]1CO1. The van der Waals surface area contributed by atoms with Crippen molar-refractivity contribution in [1.29, 1.82) is 0 Å². The lowest BCUT2D eigenvalue weighted by Gasteiger charge is -1.99. The molecular weight excluding hydrogens is 120 g/mol. The van der Waals surface area contributed by atoms with Gasteiger partial charge in [0.2, 0.25) is 0 Å². The average Bonchev–Trinajstić information content (AvgIpc) is 2.41. The highest BCUT2D eigenvalue weighted by Gasteiger charge is 2.21. The number of thioether (sulfide) groups is 1. The molecule has 0 aliphatic carbocycles. The molecule has 0 bridgehead atoms. The maximum Gasteiger partial charge on any atom is 0.0900 e. The first-order chi connectivity index (χ1) is 3.79. The van der Waals surface area contributed by atoms with Crippen molar-refractivity contribution in [3.05, 3.63) is 0 Å². The molecule has 0 spiro atoms. The Bertz CT molecular complexity index is 66.9. The minimum Gasteiger partial charge on any atom is -0.372 e. The molecule has 0 aromatic carbocycles. The molecular formula is C6H12OS. The van der Waals surface area contributed by atoms with Crippen LogP contribution in [0, 0.1) is 0 Å².